The number of nitrogens with one attached hydrogen (secondary N) is 1. The van der Waals surface area contributed by atoms with Crippen molar-refractivity contribution < 1.29 is 9.72 Å². The number of nitro benzene ring substituents is 1. The molecule has 1 fully saturated rings. The molecule has 1 aliphatic heterocycles. The Labute approximate surface area is 178 Å². The van der Waals surface area contributed by atoms with Gasteiger partial charge in [0.05, 0.1) is 16.7 Å². The molecule has 0 bridgehead atoms. The second-order valence-electron chi connectivity index (χ2n) is 6.83. The van der Waals surface area contributed by atoms with E-state index in [2.05, 4.69) is 5.32 Å². The minimum Gasteiger partial charge on any atom is -0.328 e. The maximum Gasteiger partial charge on any atom is 0.277 e. The molecule has 1 unspecified atom stereocenters. The Morgan fingerprint density at radius 2 is 1.87 bits per heavy atom. The van der Waals surface area contributed by atoms with Crippen LogP contribution in [0.3, 0.4) is 0 Å². The Balaban J connectivity index is 1.65. The fourth-order valence-corrected chi connectivity index (χ4v) is 3.78. The second-order valence-corrected chi connectivity index (χ2v) is 7.22. The summed E-state index contributed by atoms with van der Waals surface area (Å²) in [5.41, 5.74) is 2.66. The van der Waals surface area contributed by atoms with Crippen molar-refractivity contribution in [3.63, 3.8) is 0 Å². The van der Waals surface area contributed by atoms with Gasteiger partial charge in [-0.1, -0.05) is 36.4 Å². The topological polar surface area (TPSA) is 80.4 Å². The molecule has 3 aromatic rings. The van der Waals surface area contributed by atoms with Crippen molar-refractivity contribution in [3.8, 4) is 5.69 Å². The van der Waals surface area contributed by atoms with Crippen LogP contribution < -0.4 is 5.32 Å². The Morgan fingerprint density at radius 3 is 2.60 bits per heavy atom. The number of aromatic nitrogens is 1. The molecule has 0 saturated carbocycles. The lowest BCUT2D eigenvalue weighted by molar-refractivity contribution is -0.384. The number of non-ortho nitro benzene ring substituents is 1. The summed E-state index contributed by atoms with van der Waals surface area (Å²) in [6.07, 6.45) is 3.48. The molecule has 1 aromatic heterocycles. The maximum absolute atomic E-state index is 13.1. The third-order valence-electron chi connectivity index (χ3n) is 4.97. The molecule has 1 amide bonds. The molecule has 1 atom stereocenters. The standard InChI is InChI=1S/C22H18N4O3S/c1-15(16-7-3-2-4-8-16)25-21(27)20(23-22(25)30)14-18-11-6-12-24(18)17-9-5-10-19(13-17)26(28)29/h2-15H,1H3,(H,23,30)/b20-14-. The molecule has 8 heteroatoms. The van der Waals surface area contributed by atoms with Crippen LogP contribution in [0.4, 0.5) is 5.69 Å². The molecular formula is C22H18N4O3S. The predicted octanol–water partition coefficient (Wildman–Crippen LogP) is 4.20. The van der Waals surface area contributed by atoms with Gasteiger partial charge >= 0.3 is 0 Å². The summed E-state index contributed by atoms with van der Waals surface area (Å²) >= 11 is 5.41. The lowest BCUT2D eigenvalue weighted by Crippen LogP contribution is -2.33. The first-order valence-corrected chi connectivity index (χ1v) is 9.70. The number of nitrogens with zero attached hydrogens (tertiary/aromatic N) is 3. The highest BCUT2D eigenvalue weighted by molar-refractivity contribution is 7.80. The van der Waals surface area contributed by atoms with E-state index in [4.69, 9.17) is 12.2 Å². The van der Waals surface area contributed by atoms with Gasteiger partial charge in [-0.2, -0.15) is 0 Å². The molecule has 1 saturated heterocycles. The number of nitro groups is 1. The van der Waals surface area contributed by atoms with Crippen LogP contribution in [0.25, 0.3) is 11.8 Å². The third-order valence-corrected chi connectivity index (χ3v) is 5.27. The molecule has 1 aliphatic rings. The van der Waals surface area contributed by atoms with Crippen LogP contribution in [0.2, 0.25) is 0 Å². The molecule has 0 radical (unpaired) electrons. The average molecular weight is 418 g/mol. The Morgan fingerprint density at radius 1 is 1.10 bits per heavy atom. The van der Waals surface area contributed by atoms with Gasteiger partial charge in [0.15, 0.2) is 5.11 Å². The number of carbonyl (C=O) groups excluding carboxylic acids is 1. The van der Waals surface area contributed by atoms with Gasteiger partial charge < -0.3 is 9.88 Å². The average Bonchev–Trinajstić information content (AvgIpc) is 3.32. The number of thiocarbonyl (C=S) groups is 1. The summed E-state index contributed by atoms with van der Waals surface area (Å²) in [5.74, 6) is -0.219. The van der Waals surface area contributed by atoms with E-state index in [9.17, 15) is 14.9 Å². The molecule has 30 heavy (non-hydrogen) atoms. The minimum atomic E-state index is -0.436. The number of hydrogen-bond acceptors (Lipinski definition) is 4. The summed E-state index contributed by atoms with van der Waals surface area (Å²) in [5, 5.41) is 14.4. The van der Waals surface area contributed by atoms with Gasteiger partial charge in [-0.05, 0) is 49.0 Å². The minimum absolute atomic E-state index is 0.00101. The fraction of sp³-hybridized carbons (Fsp3) is 0.0909. The van der Waals surface area contributed by atoms with Crippen LogP contribution >= 0.6 is 12.2 Å². The van der Waals surface area contributed by atoms with Crippen LogP contribution in [-0.4, -0.2) is 25.4 Å². The lowest BCUT2D eigenvalue weighted by atomic mass is 10.1. The monoisotopic (exact) mass is 418 g/mol. The highest BCUT2D eigenvalue weighted by atomic mass is 32.1. The van der Waals surface area contributed by atoms with Gasteiger partial charge in [0.2, 0.25) is 0 Å². The first kappa shape index (κ1) is 19.5. The zero-order valence-electron chi connectivity index (χ0n) is 16.1. The fourth-order valence-electron chi connectivity index (χ4n) is 3.43. The van der Waals surface area contributed by atoms with Crippen molar-refractivity contribution in [2.45, 2.75) is 13.0 Å². The van der Waals surface area contributed by atoms with E-state index in [-0.39, 0.29) is 17.6 Å². The zero-order chi connectivity index (χ0) is 21.3. The second kappa shape index (κ2) is 7.92. The quantitative estimate of drug-likeness (QED) is 0.291. The summed E-state index contributed by atoms with van der Waals surface area (Å²) in [6, 6.07) is 19.4. The highest BCUT2D eigenvalue weighted by Gasteiger charge is 2.35. The number of benzene rings is 2. The summed E-state index contributed by atoms with van der Waals surface area (Å²) in [7, 11) is 0. The van der Waals surface area contributed by atoms with Crippen LogP contribution in [0, 0.1) is 10.1 Å². The van der Waals surface area contributed by atoms with E-state index >= 15 is 0 Å². The molecule has 2 aromatic carbocycles. The summed E-state index contributed by atoms with van der Waals surface area (Å²) < 4.78 is 1.78. The van der Waals surface area contributed by atoms with Gasteiger partial charge in [0, 0.05) is 24.0 Å². The third kappa shape index (κ3) is 3.60. The van der Waals surface area contributed by atoms with Crippen LogP contribution in [0.1, 0.15) is 24.2 Å². The largest absolute Gasteiger partial charge is 0.328 e. The molecule has 150 valence electrons. The number of rotatable bonds is 5. The SMILES string of the molecule is CC(c1ccccc1)N1C(=O)/C(=C/c2cccn2-c2cccc([N+](=O)[O-])c2)NC1=S. The van der Waals surface area contributed by atoms with E-state index in [1.165, 1.54) is 12.1 Å². The smallest absolute Gasteiger partial charge is 0.277 e. The van der Waals surface area contributed by atoms with E-state index in [1.54, 1.807) is 33.9 Å². The Bertz CT molecular complexity index is 1170. The first-order chi connectivity index (χ1) is 14.5. The van der Waals surface area contributed by atoms with Crippen molar-refractivity contribution in [1.29, 1.82) is 0 Å². The summed E-state index contributed by atoms with van der Waals surface area (Å²) in [6.45, 7) is 1.93. The molecule has 0 aliphatic carbocycles. The van der Waals surface area contributed by atoms with Gasteiger partial charge in [-0.3, -0.25) is 19.8 Å². The van der Waals surface area contributed by atoms with Crippen molar-refractivity contribution in [1.82, 2.24) is 14.8 Å². The van der Waals surface area contributed by atoms with E-state index in [0.717, 1.165) is 5.56 Å². The molecule has 2 heterocycles. The Kier molecular flexibility index (Phi) is 5.16. The van der Waals surface area contributed by atoms with E-state index < -0.39 is 4.92 Å². The highest BCUT2D eigenvalue weighted by Crippen LogP contribution is 2.27. The first-order valence-electron chi connectivity index (χ1n) is 9.29. The number of hydrogen-bond donors (Lipinski definition) is 1. The normalized spacial score (nSPS) is 16.0. The molecule has 1 N–H and O–H groups in total. The summed E-state index contributed by atoms with van der Waals surface area (Å²) in [4.78, 5) is 25.3. The van der Waals surface area contributed by atoms with Crippen LogP contribution in [-0.2, 0) is 4.79 Å². The maximum atomic E-state index is 13.1. The van der Waals surface area contributed by atoms with Gasteiger partial charge in [0.25, 0.3) is 11.6 Å². The molecule has 7 nitrogen and oxygen atoms in total. The Hall–Kier alpha value is -3.78. The number of amides is 1. The lowest BCUT2D eigenvalue weighted by Gasteiger charge is -2.23. The van der Waals surface area contributed by atoms with Gasteiger partial charge in [-0.25, -0.2) is 0 Å². The van der Waals surface area contributed by atoms with Gasteiger partial charge in [0.1, 0.15) is 5.70 Å². The molecule has 0 spiro atoms. The van der Waals surface area contributed by atoms with Crippen molar-refractivity contribution in [3.05, 3.63) is 100.0 Å². The van der Waals surface area contributed by atoms with E-state index in [0.29, 0.717) is 22.2 Å². The molecular weight excluding hydrogens is 400 g/mol. The van der Waals surface area contributed by atoms with Crippen molar-refractivity contribution >= 4 is 35.0 Å². The van der Waals surface area contributed by atoms with Crippen molar-refractivity contribution in [2.24, 2.45) is 0 Å². The zero-order valence-corrected chi connectivity index (χ0v) is 16.9. The number of carbonyl (C=O) groups is 1. The van der Waals surface area contributed by atoms with Crippen LogP contribution in [0.15, 0.2) is 78.6 Å². The van der Waals surface area contributed by atoms with Gasteiger partial charge in [-0.15, -0.1) is 0 Å². The van der Waals surface area contributed by atoms with Crippen molar-refractivity contribution in [2.75, 3.05) is 0 Å². The molecule has 4 rings (SSSR count). The van der Waals surface area contributed by atoms with Crippen LogP contribution in [0.5, 0.6) is 0 Å². The predicted molar refractivity (Wildman–Crippen MR) is 118 cm³/mol. The van der Waals surface area contributed by atoms with E-state index in [1.807, 2.05) is 49.4 Å².